The van der Waals surface area contributed by atoms with Gasteiger partial charge >= 0.3 is 0 Å². The highest BCUT2D eigenvalue weighted by Crippen LogP contribution is 2.33. The number of carbonyl (C=O) groups excluding carboxylic acids is 1. The van der Waals surface area contributed by atoms with Crippen molar-refractivity contribution in [1.82, 2.24) is 15.5 Å². The molecule has 2 saturated carbocycles. The van der Waals surface area contributed by atoms with Crippen molar-refractivity contribution in [3.63, 3.8) is 0 Å². The fourth-order valence-corrected chi connectivity index (χ4v) is 4.79. The van der Waals surface area contributed by atoms with E-state index in [2.05, 4.69) is 50.9 Å². The summed E-state index contributed by atoms with van der Waals surface area (Å²) in [5.74, 6) is 2.23. The maximum absolute atomic E-state index is 12.8. The van der Waals surface area contributed by atoms with E-state index < -0.39 is 0 Å². The zero-order valence-corrected chi connectivity index (χ0v) is 17.1. The zero-order valence-electron chi connectivity index (χ0n) is 17.1. The molecular formula is C23H34N4O. The third-order valence-corrected chi connectivity index (χ3v) is 6.60. The molecule has 3 aliphatic rings. The molecule has 3 unspecified atom stereocenters. The molecule has 3 atom stereocenters. The van der Waals surface area contributed by atoms with Gasteiger partial charge in [-0.15, -0.1) is 0 Å². The lowest BCUT2D eigenvalue weighted by Gasteiger charge is -2.26. The van der Waals surface area contributed by atoms with E-state index in [0.29, 0.717) is 23.9 Å². The third kappa shape index (κ3) is 4.86. The second-order valence-corrected chi connectivity index (χ2v) is 8.76. The van der Waals surface area contributed by atoms with Gasteiger partial charge in [-0.1, -0.05) is 49.6 Å². The molecule has 0 spiro atoms. The highest BCUT2D eigenvalue weighted by Gasteiger charge is 2.38. The molecule has 5 heteroatoms. The van der Waals surface area contributed by atoms with E-state index in [1.165, 1.54) is 31.2 Å². The topological polar surface area (TPSA) is 56.7 Å². The Labute approximate surface area is 169 Å². The van der Waals surface area contributed by atoms with Crippen LogP contribution in [0.5, 0.6) is 0 Å². The maximum atomic E-state index is 12.8. The lowest BCUT2D eigenvalue weighted by molar-refractivity contribution is -0.135. The first kappa shape index (κ1) is 19.3. The summed E-state index contributed by atoms with van der Waals surface area (Å²) in [6, 6.07) is 11.5. The van der Waals surface area contributed by atoms with Crippen molar-refractivity contribution in [1.29, 1.82) is 0 Å². The maximum Gasteiger partial charge on any atom is 0.225 e. The minimum Gasteiger partial charge on any atom is -0.353 e. The molecule has 0 bridgehead atoms. The number of hydrogen-bond acceptors (Lipinski definition) is 2. The van der Waals surface area contributed by atoms with Gasteiger partial charge in [0.1, 0.15) is 0 Å². The average molecular weight is 383 g/mol. The Morgan fingerprint density at radius 2 is 1.89 bits per heavy atom. The number of likely N-dealkylation sites (tertiary alicyclic amines) is 1. The lowest BCUT2D eigenvalue weighted by atomic mass is 9.88. The first-order valence-corrected chi connectivity index (χ1v) is 11.1. The number of nitrogens with one attached hydrogen (secondary N) is 2. The third-order valence-electron chi connectivity index (χ3n) is 6.60. The van der Waals surface area contributed by atoms with Crippen LogP contribution in [0, 0.1) is 11.8 Å². The molecule has 3 fully saturated rings. The average Bonchev–Trinajstić information content (AvgIpc) is 3.28. The van der Waals surface area contributed by atoms with Crippen LogP contribution in [0.15, 0.2) is 35.3 Å². The van der Waals surface area contributed by atoms with E-state index in [9.17, 15) is 4.79 Å². The van der Waals surface area contributed by atoms with Gasteiger partial charge in [0.25, 0.3) is 0 Å². The summed E-state index contributed by atoms with van der Waals surface area (Å²) in [6.45, 7) is 1.69. The van der Waals surface area contributed by atoms with Gasteiger partial charge in [0.2, 0.25) is 5.91 Å². The lowest BCUT2D eigenvalue weighted by Crippen LogP contribution is -2.46. The molecule has 1 aromatic rings. The number of guanidine groups is 1. The zero-order chi connectivity index (χ0) is 19.3. The van der Waals surface area contributed by atoms with Crippen LogP contribution in [0.4, 0.5) is 0 Å². The molecule has 4 rings (SSSR count). The molecule has 2 aliphatic carbocycles. The predicted molar refractivity (Wildman–Crippen MR) is 113 cm³/mol. The number of amides is 1. The second kappa shape index (κ2) is 8.97. The largest absolute Gasteiger partial charge is 0.353 e. The van der Waals surface area contributed by atoms with Crippen LogP contribution < -0.4 is 10.6 Å². The molecule has 1 aromatic carbocycles. The smallest absolute Gasteiger partial charge is 0.225 e. The predicted octanol–water partition coefficient (Wildman–Crippen LogP) is 2.96. The van der Waals surface area contributed by atoms with E-state index in [1.54, 1.807) is 0 Å². The van der Waals surface area contributed by atoms with Gasteiger partial charge in [-0.05, 0) is 43.6 Å². The van der Waals surface area contributed by atoms with Gasteiger partial charge in [-0.3, -0.25) is 9.79 Å². The van der Waals surface area contributed by atoms with Crippen LogP contribution in [-0.4, -0.2) is 49.0 Å². The molecule has 1 aliphatic heterocycles. The summed E-state index contributed by atoms with van der Waals surface area (Å²) >= 11 is 0. The van der Waals surface area contributed by atoms with Gasteiger partial charge in [-0.2, -0.15) is 0 Å². The fraction of sp³-hybridized carbons (Fsp3) is 0.652. The Morgan fingerprint density at radius 3 is 2.64 bits per heavy atom. The van der Waals surface area contributed by atoms with Crippen molar-refractivity contribution in [3.05, 3.63) is 35.9 Å². The summed E-state index contributed by atoms with van der Waals surface area (Å²) in [4.78, 5) is 19.3. The fourth-order valence-electron chi connectivity index (χ4n) is 4.79. The van der Waals surface area contributed by atoms with E-state index in [4.69, 9.17) is 0 Å². The van der Waals surface area contributed by atoms with Gasteiger partial charge in [0.15, 0.2) is 5.96 Å². The van der Waals surface area contributed by atoms with Crippen LogP contribution in [0.3, 0.4) is 0 Å². The number of nitrogens with zero attached hydrogens (tertiary/aromatic N) is 2. The van der Waals surface area contributed by atoms with Crippen molar-refractivity contribution in [2.45, 2.75) is 63.5 Å². The van der Waals surface area contributed by atoms with Gasteiger partial charge in [0.05, 0.1) is 0 Å². The van der Waals surface area contributed by atoms with Crippen molar-refractivity contribution >= 4 is 11.9 Å². The van der Waals surface area contributed by atoms with Crippen molar-refractivity contribution in [2.75, 3.05) is 20.1 Å². The molecule has 1 amide bonds. The molecule has 0 radical (unpaired) electrons. The molecule has 0 aromatic heterocycles. The standard InChI is InChI=1S/C23H34N4O/c1-24-23(26-21-15-19(21)14-17-8-4-2-5-9-17)25-20-12-13-27(16-20)22(28)18-10-6-3-7-11-18/h2,4-5,8-9,18-21H,3,6-7,10-16H2,1H3,(H2,24,25,26). The minimum absolute atomic E-state index is 0.273. The molecule has 2 N–H and O–H groups in total. The Balaban J connectivity index is 1.21. The minimum atomic E-state index is 0.273. The molecule has 5 nitrogen and oxygen atoms in total. The van der Waals surface area contributed by atoms with Crippen molar-refractivity contribution in [3.8, 4) is 0 Å². The van der Waals surface area contributed by atoms with E-state index >= 15 is 0 Å². The molecule has 1 heterocycles. The first-order chi connectivity index (χ1) is 13.7. The summed E-state index contributed by atoms with van der Waals surface area (Å²) in [7, 11) is 1.84. The highest BCUT2D eigenvalue weighted by molar-refractivity contribution is 5.81. The number of carbonyl (C=O) groups is 1. The molecule has 28 heavy (non-hydrogen) atoms. The Morgan fingerprint density at radius 1 is 1.11 bits per heavy atom. The number of rotatable bonds is 5. The van der Waals surface area contributed by atoms with Crippen LogP contribution in [0.2, 0.25) is 0 Å². The summed E-state index contributed by atoms with van der Waals surface area (Å²) in [5.41, 5.74) is 1.41. The van der Waals surface area contributed by atoms with Gasteiger partial charge < -0.3 is 15.5 Å². The molecule has 1 saturated heterocycles. The number of benzene rings is 1. The summed E-state index contributed by atoms with van der Waals surface area (Å²) in [6.07, 6.45) is 9.24. The Kier molecular flexibility index (Phi) is 6.18. The van der Waals surface area contributed by atoms with Crippen molar-refractivity contribution < 1.29 is 4.79 Å². The normalized spacial score (nSPS) is 28.2. The van der Waals surface area contributed by atoms with Crippen LogP contribution in [-0.2, 0) is 11.2 Å². The first-order valence-electron chi connectivity index (χ1n) is 11.1. The highest BCUT2D eigenvalue weighted by atomic mass is 16.2. The number of aliphatic imine (C=N–C) groups is 1. The summed E-state index contributed by atoms with van der Waals surface area (Å²) < 4.78 is 0. The van der Waals surface area contributed by atoms with Crippen LogP contribution in [0.1, 0.15) is 50.5 Å². The Hall–Kier alpha value is -2.04. The van der Waals surface area contributed by atoms with Gasteiger partial charge in [0, 0.05) is 38.1 Å². The number of hydrogen-bond donors (Lipinski definition) is 2. The van der Waals surface area contributed by atoms with Crippen LogP contribution in [0.25, 0.3) is 0 Å². The van der Waals surface area contributed by atoms with E-state index in [0.717, 1.165) is 44.7 Å². The molecule has 152 valence electrons. The van der Waals surface area contributed by atoms with E-state index in [-0.39, 0.29) is 5.92 Å². The SMILES string of the molecule is CN=C(NC1CCN(C(=O)C2CCCCC2)C1)NC1CC1Cc1ccccc1. The van der Waals surface area contributed by atoms with Gasteiger partial charge in [-0.25, -0.2) is 0 Å². The van der Waals surface area contributed by atoms with Crippen LogP contribution >= 0.6 is 0 Å². The monoisotopic (exact) mass is 382 g/mol. The second-order valence-electron chi connectivity index (χ2n) is 8.76. The molecular weight excluding hydrogens is 348 g/mol. The van der Waals surface area contributed by atoms with Crippen molar-refractivity contribution in [2.24, 2.45) is 16.8 Å². The quantitative estimate of drug-likeness (QED) is 0.608. The summed E-state index contributed by atoms with van der Waals surface area (Å²) in [5, 5.41) is 7.13. The van der Waals surface area contributed by atoms with E-state index in [1.807, 2.05) is 7.05 Å². The Bertz CT molecular complexity index is 683.